The van der Waals surface area contributed by atoms with Crippen molar-refractivity contribution in [2.24, 2.45) is 0 Å². The van der Waals surface area contributed by atoms with Crippen molar-refractivity contribution in [2.45, 2.75) is 24.7 Å². The maximum atomic E-state index is 12.2. The molecule has 0 radical (unpaired) electrons. The van der Waals surface area contributed by atoms with Gasteiger partial charge in [-0.3, -0.25) is 4.79 Å². The average molecular weight is 394 g/mol. The largest absolute Gasteiger partial charge is 0.349 e. The average Bonchev–Trinajstić information content (AvgIpc) is 3.26. The van der Waals surface area contributed by atoms with Gasteiger partial charge in [0.2, 0.25) is 11.1 Å². The first-order valence-corrected chi connectivity index (χ1v) is 9.82. The third kappa shape index (κ3) is 5.04. The molecule has 2 heterocycles. The van der Waals surface area contributed by atoms with E-state index in [0.717, 1.165) is 10.4 Å². The molecule has 0 aliphatic heterocycles. The Kier molecular flexibility index (Phi) is 6.06. The van der Waals surface area contributed by atoms with Crippen LogP contribution < -0.4 is 5.32 Å². The quantitative estimate of drug-likeness (QED) is 0.623. The summed E-state index contributed by atoms with van der Waals surface area (Å²) in [6.45, 7) is 2.54. The Morgan fingerprint density at radius 1 is 1.36 bits per heavy atom. The smallest absolute Gasteiger partial charge is 0.230 e. The summed E-state index contributed by atoms with van der Waals surface area (Å²) in [6.07, 6.45) is 0. The number of thioether (sulfide) groups is 1. The third-order valence-corrected chi connectivity index (χ3v) is 5.53. The van der Waals surface area contributed by atoms with Crippen molar-refractivity contribution in [3.8, 4) is 0 Å². The molecule has 130 valence electrons. The van der Waals surface area contributed by atoms with E-state index in [4.69, 9.17) is 11.6 Å². The van der Waals surface area contributed by atoms with E-state index in [2.05, 4.69) is 20.8 Å². The Balaban J connectivity index is 1.52. The molecular weight excluding hydrogens is 378 g/mol. The van der Waals surface area contributed by atoms with Crippen LogP contribution in [0, 0.1) is 0 Å². The van der Waals surface area contributed by atoms with Crippen LogP contribution in [0.5, 0.6) is 0 Å². The van der Waals surface area contributed by atoms with Crippen LogP contribution >= 0.6 is 34.7 Å². The molecule has 1 atom stereocenters. The molecule has 6 nitrogen and oxygen atoms in total. The number of halogens is 1. The second-order valence-corrected chi connectivity index (χ2v) is 7.74. The van der Waals surface area contributed by atoms with Gasteiger partial charge >= 0.3 is 0 Å². The fourth-order valence-corrected chi connectivity index (χ4v) is 3.70. The number of benzene rings is 1. The first-order chi connectivity index (χ1) is 12.1. The van der Waals surface area contributed by atoms with Crippen LogP contribution in [0.2, 0.25) is 5.02 Å². The molecule has 1 amide bonds. The summed E-state index contributed by atoms with van der Waals surface area (Å²) in [7, 11) is 0. The van der Waals surface area contributed by atoms with Crippen molar-refractivity contribution in [2.75, 3.05) is 5.75 Å². The summed E-state index contributed by atoms with van der Waals surface area (Å²) in [6, 6.07) is 11.4. The number of carbonyl (C=O) groups excluding carboxylic acids is 1. The van der Waals surface area contributed by atoms with Crippen LogP contribution in [0.25, 0.3) is 0 Å². The fourth-order valence-electron chi connectivity index (χ4n) is 2.20. The number of thiophene rings is 1. The summed E-state index contributed by atoms with van der Waals surface area (Å²) in [5, 5.41) is 18.0. The minimum absolute atomic E-state index is 0.0712. The minimum atomic E-state index is -0.0903. The first-order valence-electron chi connectivity index (χ1n) is 7.58. The van der Waals surface area contributed by atoms with Crippen LogP contribution in [-0.4, -0.2) is 31.9 Å². The van der Waals surface area contributed by atoms with Crippen LogP contribution in [-0.2, 0) is 11.3 Å². The fraction of sp³-hybridized carbons (Fsp3) is 0.250. The van der Waals surface area contributed by atoms with Gasteiger partial charge in [-0.1, -0.05) is 41.6 Å². The number of hydrogen-bond acceptors (Lipinski definition) is 6. The second-order valence-electron chi connectivity index (χ2n) is 5.33. The van der Waals surface area contributed by atoms with Crippen molar-refractivity contribution < 1.29 is 4.79 Å². The monoisotopic (exact) mass is 393 g/mol. The van der Waals surface area contributed by atoms with Gasteiger partial charge in [0.25, 0.3) is 0 Å². The van der Waals surface area contributed by atoms with Gasteiger partial charge in [-0.25, -0.2) is 4.68 Å². The van der Waals surface area contributed by atoms with Crippen LogP contribution in [0.1, 0.15) is 23.4 Å². The molecule has 3 rings (SSSR count). The summed E-state index contributed by atoms with van der Waals surface area (Å²) in [4.78, 5) is 13.3. The van der Waals surface area contributed by atoms with E-state index in [1.54, 1.807) is 16.0 Å². The van der Waals surface area contributed by atoms with E-state index in [1.807, 2.05) is 48.7 Å². The predicted molar refractivity (Wildman–Crippen MR) is 100.0 cm³/mol. The zero-order valence-corrected chi connectivity index (χ0v) is 15.8. The molecule has 1 N–H and O–H groups in total. The Morgan fingerprint density at radius 2 is 2.16 bits per heavy atom. The van der Waals surface area contributed by atoms with Crippen LogP contribution in [0.3, 0.4) is 0 Å². The van der Waals surface area contributed by atoms with Gasteiger partial charge in [0.15, 0.2) is 0 Å². The minimum Gasteiger partial charge on any atom is -0.349 e. The molecule has 1 aromatic carbocycles. The van der Waals surface area contributed by atoms with Gasteiger partial charge in [0, 0.05) is 9.90 Å². The van der Waals surface area contributed by atoms with Crippen molar-refractivity contribution >= 4 is 40.6 Å². The van der Waals surface area contributed by atoms with E-state index in [1.165, 1.54) is 11.8 Å². The number of carbonyl (C=O) groups is 1. The topological polar surface area (TPSA) is 72.7 Å². The van der Waals surface area contributed by atoms with Gasteiger partial charge < -0.3 is 5.32 Å². The maximum absolute atomic E-state index is 12.2. The Bertz CT molecular complexity index is 819. The zero-order chi connectivity index (χ0) is 17.6. The number of nitrogens with one attached hydrogen (secondary N) is 1. The SMILES string of the molecule is CC(NC(=O)CSc1nnnn1Cc1cccs1)c1ccc(Cl)cc1. The zero-order valence-electron chi connectivity index (χ0n) is 13.4. The van der Waals surface area contributed by atoms with E-state index in [9.17, 15) is 4.79 Å². The molecule has 3 aromatic rings. The van der Waals surface area contributed by atoms with Crippen molar-refractivity contribution in [3.63, 3.8) is 0 Å². The highest BCUT2D eigenvalue weighted by atomic mass is 35.5. The van der Waals surface area contributed by atoms with Crippen molar-refractivity contribution in [1.29, 1.82) is 0 Å². The Hall–Kier alpha value is -1.90. The van der Waals surface area contributed by atoms with Gasteiger partial charge in [-0.15, -0.1) is 16.4 Å². The molecular formula is C16H16ClN5OS2. The molecule has 0 saturated carbocycles. The first kappa shape index (κ1) is 17.9. The van der Waals surface area contributed by atoms with Crippen molar-refractivity contribution in [3.05, 3.63) is 57.2 Å². The maximum Gasteiger partial charge on any atom is 0.230 e. The number of nitrogens with zero attached hydrogens (tertiary/aromatic N) is 4. The number of amides is 1. The summed E-state index contributed by atoms with van der Waals surface area (Å²) in [5.41, 5.74) is 1.00. The van der Waals surface area contributed by atoms with Gasteiger partial charge in [-0.2, -0.15) is 0 Å². The summed E-state index contributed by atoms with van der Waals surface area (Å²) in [5.74, 6) is 0.182. The highest BCUT2D eigenvalue weighted by Crippen LogP contribution is 2.19. The molecule has 0 fully saturated rings. The lowest BCUT2D eigenvalue weighted by Gasteiger charge is -2.14. The van der Waals surface area contributed by atoms with E-state index >= 15 is 0 Å². The molecule has 0 saturated heterocycles. The third-order valence-electron chi connectivity index (χ3n) is 3.46. The lowest BCUT2D eigenvalue weighted by Crippen LogP contribution is -2.28. The summed E-state index contributed by atoms with van der Waals surface area (Å²) < 4.78 is 1.70. The number of hydrogen-bond donors (Lipinski definition) is 1. The van der Waals surface area contributed by atoms with Crippen LogP contribution in [0.15, 0.2) is 46.9 Å². The second kappa shape index (κ2) is 8.46. The highest BCUT2D eigenvalue weighted by Gasteiger charge is 2.13. The number of tetrazole rings is 1. The normalized spacial score (nSPS) is 12.1. The van der Waals surface area contributed by atoms with Gasteiger partial charge in [0.1, 0.15) is 0 Å². The molecule has 2 aromatic heterocycles. The molecule has 9 heteroatoms. The van der Waals surface area contributed by atoms with Crippen molar-refractivity contribution in [1.82, 2.24) is 25.5 Å². The highest BCUT2D eigenvalue weighted by molar-refractivity contribution is 7.99. The lowest BCUT2D eigenvalue weighted by atomic mass is 10.1. The molecule has 0 aliphatic carbocycles. The number of rotatable bonds is 7. The Labute approximate surface area is 158 Å². The molecule has 0 spiro atoms. The van der Waals surface area contributed by atoms with E-state index < -0.39 is 0 Å². The molecule has 0 bridgehead atoms. The predicted octanol–water partition coefficient (Wildman–Crippen LogP) is 3.41. The lowest BCUT2D eigenvalue weighted by molar-refractivity contribution is -0.119. The Morgan fingerprint density at radius 3 is 2.88 bits per heavy atom. The standard InChI is InChI=1S/C16H16ClN5OS2/c1-11(12-4-6-13(17)7-5-12)18-15(23)10-25-16-19-20-21-22(16)9-14-3-2-8-24-14/h2-8,11H,9-10H2,1H3,(H,18,23). The molecule has 0 aliphatic rings. The van der Waals surface area contributed by atoms with Crippen LogP contribution in [0.4, 0.5) is 0 Å². The van der Waals surface area contributed by atoms with E-state index in [-0.39, 0.29) is 17.7 Å². The summed E-state index contributed by atoms with van der Waals surface area (Å²) >= 11 is 8.85. The van der Waals surface area contributed by atoms with Gasteiger partial charge in [-0.05, 0) is 46.5 Å². The van der Waals surface area contributed by atoms with Gasteiger partial charge in [0.05, 0.1) is 18.3 Å². The molecule has 25 heavy (non-hydrogen) atoms. The number of aromatic nitrogens is 4. The van der Waals surface area contributed by atoms with E-state index in [0.29, 0.717) is 16.7 Å². The molecule has 1 unspecified atom stereocenters.